The first-order valence-corrected chi connectivity index (χ1v) is 12.9. The summed E-state index contributed by atoms with van der Waals surface area (Å²) in [6.07, 6.45) is 2.28. The summed E-state index contributed by atoms with van der Waals surface area (Å²) < 4.78 is 8.09. The minimum absolute atomic E-state index is 0.689. The van der Waals surface area contributed by atoms with Gasteiger partial charge in [-0.05, 0) is 37.6 Å². The summed E-state index contributed by atoms with van der Waals surface area (Å²) in [6.45, 7) is 10.9. The van der Waals surface area contributed by atoms with Gasteiger partial charge in [-0.2, -0.15) is 0 Å². The molecule has 0 aliphatic rings. The molecule has 0 amide bonds. The van der Waals surface area contributed by atoms with Crippen LogP contribution in [-0.2, 0) is 19.6 Å². The zero-order valence-corrected chi connectivity index (χ0v) is 21.3. The summed E-state index contributed by atoms with van der Waals surface area (Å²) in [5.41, 5.74) is 6.01. The monoisotopic (exact) mass is 467 g/mol. The van der Waals surface area contributed by atoms with E-state index in [1.807, 2.05) is 6.92 Å². The lowest BCUT2D eigenvalue weighted by Crippen LogP contribution is -2.24. The second-order valence-electron chi connectivity index (χ2n) is 8.85. The summed E-state index contributed by atoms with van der Waals surface area (Å²) in [5, 5.41) is 0. The van der Waals surface area contributed by atoms with Crippen LogP contribution in [-0.4, -0.2) is 27.6 Å². The van der Waals surface area contributed by atoms with Crippen molar-refractivity contribution in [1.29, 1.82) is 0 Å². The third kappa shape index (κ3) is 6.20. The molecule has 1 heterocycles. The van der Waals surface area contributed by atoms with Crippen LogP contribution in [0.5, 0.6) is 5.75 Å². The molecule has 0 radical (unpaired) electrons. The molecule has 35 heavy (non-hydrogen) atoms. The van der Waals surface area contributed by atoms with Gasteiger partial charge >= 0.3 is 0 Å². The minimum Gasteiger partial charge on any atom is -0.494 e. The minimum atomic E-state index is 0.689. The van der Waals surface area contributed by atoms with Crippen molar-refractivity contribution in [2.45, 2.75) is 53.2 Å². The standard InChI is InChI=1S/C31H37N3O/c1-4-7-22-34-29(24-33(5-2)23-25-18-20-28(21-19-25)35-6-3)30(26-14-10-8-11-15-26)32-31(34)27-16-12-9-13-17-27/h8-21H,4-7,22-24H2,1-3H3. The molecule has 0 aliphatic heterocycles. The number of benzene rings is 3. The second-order valence-corrected chi connectivity index (χ2v) is 8.85. The van der Waals surface area contributed by atoms with E-state index in [9.17, 15) is 0 Å². The largest absolute Gasteiger partial charge is 0.494 e. The number of rotatable bonds is 12. The van der Waals surface area contributed by atoms with Gasteiger partial charge in [0.2, 0.25) is 0 Å². The molecule has 4 aromatic rings. The van der Waals surface area contributed by atoms with Crippen LogP contribution in [0.15, 0.2) is 84.9 Å². The van der Waals surface area contributed by atoms with Crippen molar-refractivity contribution < 1.29 is 4.74 Å². The van der Waals surface area contributed by atoms with E-state index in [1.165, 1.54) is 22.4 Å². The SMILES string of the molecule is CCCCn1c(-c2ccccc2)nc(-c2ccccc2)c1CN(CC)Cc1ccc(OCC)cc1. The molecule has 4 nitrogen and oxygen atoms in total. The molecule has 4 rings (SSSR count). The molecule has 0 spiro atoms. The number of imidazole rings is 1. The average Bonchev–Trinajstić information content (AvgIpc) is 3.27. The molecule has 0 aliphatic carbocycles. The third-order valence-electron chi connectivity index (χ3n) is 6.35. The highest BCUT2D eigenvalue weighted by Crippen LogP contribution is 2.31. The third-order valence-corrected chi connectivity index (χ3v) is 6.35. The van der Waals surface area contributed by atoms with Crippen LogP contribution in [0, 0.1) is 0 Å². The van der Waals surface area contributed by atoms with Crippen LogP contribution in [0.25, 0.3) is 22.6 Å². The topological polar surface area (TPSA) is 30.3 Å². The van der Waals surface area contributed by atoms with Crippen LogP contribution in [0.1, 0.15) is 44.9 Å². The molecule has 0 bridgehead atoms. The van der Waals surface area contributed by atoms with Gasteiger partial charge in [0, 0.05) is 30.8 Å². The summed E-state index contributed by atoms with van der Waals surface area (Å²) in [7, 11) is 0. The van der Waals surface area contributed by atoms with Crippen molar-refractivity contribution in [3.8, 4) is 28.4 Å². The predicted octanol–water partition coefficient (Wildman–Crippen LogP) is 7.44. The molecular weight excluding hydrogens is 430 g/mol. The summed E-state index contributed by atoms with van der Waals surface area (Å²) >= 11 is 0. The van der Waals surface area contributed by atoms with Gasteiger partial charge in [-0.3, -0.25) is 4.90 Å². The normalized spacial score (nSPS) is 11.2. The van der Waals surface area contributed by atoms with Crippen LogP contribution in [0.2, 0.25) is 0 Å². The van der Waals surface area contributed by atoms with Gasteiger partial charge < -0.3 is 9.30 Å². The summed E-state index contributed by atoms with van der Waals surface area (Å²) in [4.78, 5) is 7.75. The fourth-order valence-corrected chi connectivity index (χ4v) is 4.45. The Kier molecular flexibility index (Phi) is 8.74. The Morgan fingerprint density at radius 2 is 1.43 bits per heavy atom. The smallest absolute Gasteiger partial charge is 0.140 e. The van der Waals surface area contributed by atoms with Crippen molar-refractivity contribution in [3.05, 3.63) is 96.2 Å². The fraction of sp³-hybridized carbons (Fsp3) is 0.323. The molecule has 0 fully saturated rings. The van der Waals surface area contributed by atoms with E-state index >= 15 is 0 Å². The van der Waals surface area contributed by atoms with Crippen LogP contribution >= 0.6 is 0 Å². The first kappa shape index (κ1) is 24.7. The molecule has 0 saturated heterocycles. The van der Waals surface area contributed by atoms with E-state index in [2.05, 4.69) is 108 Å². The van der Waals surface area contributed by atoms with Gasteiger partial charge in [-0.15, -0.1) is 0 Å². The van der Waals surface area contributed by atoms with Crippen molar-refractivity contribution in [2.24, 2.45) is 0 Å². The maximum absolute atomic E-state index is 5.63. The fourth-order valence-electron chi connectivity index (χ4n) is 4.45. The van der Waals surface area contributed by atoms with E-state index in [0.717, 1.165) is 56.3 Å². The Morgan fingerprint density at radius 3 is 2.03 bits per heavy atom. The van der Waals surface area contributed by atoms with E-state index in [1.54, 1.807) is 0 Å². The number of hydrogen-bond acceptors (Lipinski definition) is 3. The van der Waals surface area contributed by atoms with Crippen LogP contribution in [0.4, 0.5) is 0 Å². The number of aromatic nitrogens is 2. The van der Waals surface area contributed by atoms with E-state index in [4.69, 9.17) is 9.72 Å². The summed E-state index contributed by atoms with van der Waals surface area (Å²) in [5.74, 6) is 1.99. The zero-order chi connectivity index (χ0) is 24.5. The highest BCUT2D eigenvalue weighted by Gasteiger charge is 2.21. The lowest BCUT2D eigenvalue weighted by atomic mass is 10.1. The molecule has 4 heteroatoms. The van der Waals surface area contributed by atoms with Gasteiger partial charge in [-0.1, -0.05) is 93.1 Å². The predicted molar refractivity (Wildman–Crippen MR) is 145 cm³/mol. The molecule has 0 atom stereocenters. The number of nitrogens with zero attached hydrogens (tertiary/aromatic N) is 3. The van der Waals surface area contributed by atoms with Crippen molar-refractivity contribution in [2.75, 3.05) is 13.2 Å². The Labute approximate surface area is 210 Å². The molecule has 0 saturated carbocycles. The maximum Gasteiger partial charge on any atom is 0.140 e. The van der Waals surface area contributed by atoms with Crippen molar-refractivity contribution >= 4 is 0 Å². The van der Waals surface area contributed by atoms with Crippen LogP contribution in [0.3, 0.4) is 0 Å². The van der Waals surface area contributed by atoms with E-state index < -0.39 is 0 Å². The number of unbranched alkanes of at least 4 members (excludes halogenated alkanes) is 1. The van der Waals surface area contributed by atoms with E-state index in [0.29, 0.717) is 6.61 Å². The molecule has 0 unspecified atom stereocenters. The molecule has 3 aromatic carbocycles. The first-order valence-electron chi connectivity index (χ1n) is 12.9. The van der Waals surface area contributed by atoms with Gasteiger partial charge in [0.25, 0.3) is 0 Å². The Morgan fingerprint density at radius 1 is 0.771 bits per heavy atom. The number of hydrogen-bond donors (Lipinski definition) is 0. The summed E-state index contributed by atoms with van der Waals surface area (Å²) in [6, 6.07) is 29.7. The lowest BCUT2D eigenvalue weighted by Gasteiger charge is -2.23. The molecular formula is C31H37N3O. The molecule has 0 N–H and O–H groups in total. The Bertz CT molecular complexity index is 1170. The lowest BCUT2D eigenvalue weighted by molar-refractivity contribution is 0.264. The molecule has 182 valence electrons. The van der Waals surface area contributed by atoms with Gasteiger partial charge in [0.1, 0.15) is 11.6 Å². The zero-order valence-electron chi connectivity index (χ0n) is 21.3. The van der Waals surface area contributed by atoms with Crippen molar-refractivity contribution in [1.82, 2.24) is 14.5 Å². The second kappa shape index (κ2) is 12.4. The van der Waals surface area contributed by atoms with E-state index in [-0.39, 0.29) is 0 Å². The van der Waals surface area contributed by atoms with Crippen molar-refractivity contribution in [3.63, 3.8) is 0 Å². The molecule has 1 aromatic heterocycles. The van der Waals surface area contributed by atoms with Gasteiger partial charge in [0.15, 0.2) is 0 Å². The van der Waals surface area contributed by atoms with Gasteiger partial charge in [-0.25, -0.2) is 4.98 Å². The average molecular weight is 468 g/mol. The van der Waals surface area contributed by atoms with Crippen LogP contribution < -0.4 is 4.74 Å². The first-order chi connectivity index (χ1) is 17.2. The highest BCUT2D eigenvalue weighted by molar-refractivity contribution is 5.68. The maximum atomic E-state index is 5.63. The number of ether oxygens (including phenoxy) is 1. The highest BCUT2D eigenvalue weighted by atomic mass is 16.5. The Hall–Kier alpha value is -3.37. The Balaban J connectivity index is 1.72. The van der Waals surface area contributed by atoms with Gasteiger partial charge in [0.05, 0.1) is 18.0 Å². The quantitative estimate of drug-likeness (QED) is 0.217.